The number of nitrogens with zero attached hydrogens (tertiary/aromatic N) is 1. The molecule has 3 rings (SSSR count). The summed E-state index contributed by atoms with van der Waals surface area (Å²) in [5, 5.41) is 0.386. The fraction of sp³-hybridized carbons (Fsp3) is 0.167. The second kappa shape index (κ2) is 6.64. The molecule has 0 aliphatic rings. The highest BCUT2D eigenvalue weighted by molar-refractivity contribution is 5.94. The van der Waals surface area contributed by atoms with Crippen LogP contribution in [0, 0.1) is 0 Å². The Morgan fingerprint density at radius 1 is 1.00 bits per heavy atom. The van der Waals surface area contributed by atoms with Gasteiger partial charge in [0.1, 0.15) is 5.82 Å². The summed E-state index contributed by atoms with van der Waals surface area (Å²) in [5.74, 6) is 0.963. The molecule has 0 aliphatic heterocycles. The van der Waals surface area contributed by atoms with Crippen molar-refractivity contribution in [2.24, 2.45) is 0 Å². The lowest BCUT2D eigenvalue weighted by Crippen LogP contribution is -2.11. The largest absolute Gasteiger partial charge is 0.493 e. The molecule has 25 heavy (non-hydrogen) atoms. The number of carbonyl (C=O) groups excluding carboxylic acids is 1. The summed E-state index contributed by atoms with van der Waals surface area (Å²) in [4.78, 5) is 31.2. The molecule has 0 unspecified atom stereocenters. The molecule has 128 valence electrons. The first-order valence-electron chi connectivity index (χ1n) is 7.42. The van der Waals surface area contributed by atoms with Gasteiger partial charge in [-0.25, -0.2) is 9.78 Å². The van der Waals surface area contributed by atoms with Gasteiger partial charge in [0.05, 0.1) is 37.8 Å². The summed E-state index contributed by atoms with van der Waals surface area (Å²) < 4.78 is 15.2. The summed E-state index contributed by atoms with van der Waals surface area (Å²) in [6, 6.07) is 9.81. The van der Waals surface area contributed by atoms with E-state index in [0.717, 1.165) is 0 Å². The van der Waals surface area contributed by atoms with Crippen molar-refractivity contribution in [2.45, 2.75) is 0 Å². The van der Waals surface area contributed by atoms with Crippen LogP contribution in [0.5, 0.6) is 11.5 Å². The second-order valence-corrected chi connectivity index (χ2v) is 5.21. The van der Waals surface area contributed by atoms with Crippen molar-refractivity contribution in [3.63, 3.8) is 0 Å². The molecule has 1 N–H and O–H groups in total. The summed E-state index contributed by atoms with van der Waals surface area (Å²) in [6.07, 6.45) is 0. The zero-order valence-corrected chi connectivity index (χ0v) is 14.0. The van der Waals surface area contributed by atoms with Crippen molar-refractivity contribution in [2.75, 3.05) is 21.3 Å². The monoisotopic (exact) mass is 340 g/mol. The average Bonchev–Trinajstić information content (AvgIpc) is 2.66. The molecule has 0 aliphatic carbocycles. The number of esters is 1. The maximum absolute atomic E-state index is 12.3. The lowest BCUT2D eigenvalue weighted by atomic mass is 10.1. The Kier molecular flexibility index (Phi) is 4.38. The molecule has 1 heterocycles. The Morgan fingerprint density at radius 3 is 2.44 bits per heavy atom. The van der Waals surface area contributed by atoms with Gasteiger partial charge in [-0.15, -0.1) is 0 Å². The number of aromatic nitrogens is 2. The first kappa shape index (κ1) is 16.5. The van der Waals surface area contributed by atoms with Crippen LogP contribution >= 0.6 is 0 Å². The van der Waals surface area contributed by atoms with Gasteiger partial charge in [0.2, 0.25) is 0 Å². The molecule has 0 fully saturated rings. The number of nitrogens with one attached hydrogen (secondary N) is 1. The van der Waals surface area contributed by atoms with E-state index in [4.69, 9.17) is 14.2 Å². The third kappa shape index (κ3) is 3.03. The zero-order valence-electron chi connectivity index (χ0n) is 14.0. The van der Waals surface area contributed by atoms with Crippen LogP contribution in [0.25, 0.3) is 22.3 Å². The molecule has 1 aromatic heterocycles. The highest BCUT2D eigenvalue weighted by Gasteiger charge is 2.12. The van der Waals surface area contributed by atoms with Crippen molar-refractivity contribution in [3.8, 4) is 22.9 Å². The molecular formula is C18H16N2O5. The maximum atomic E-state index is 12.3. The molecule has 0 saturated carbocycles. The number of fused-ring (bicyclic) bond motifs is 1. The van der Waals surface area contributed by atoms with Crippen LogP contribution in [0.1, 0.15) is 10.4 Å². The number of benzene rings is 2. The van der Waals surface area contributed by atoms with Gasteiger partial charge in [0.15, 0.2) is 11.5 Å². The number of aromatic amines is 1. The van der Waals surface area contributed by atoms with E-state index in [2.05, 4.69) is 9.97 Å². The predicted molar refractivity (Wildman–Crippen MR) is 92.2 cm³/mol. The number of methoxy groups -OCH3 is 3. The molecule has 0 atom stereocenters. The number of ether oxygens (including phenoxy) is 3. The Balaban J connectivity index is 2.17. The van der Waals surface area contributed by atoms with Crippen molar-refractivity contribution in [1.82, 2.24) is 9.97 Å². The number of hydrogen-bond donors (Lipinski definition) is 1. The van der Waals surface area contributed by atoms with Gasteiger partial charge < -0.3 is 19.2 Å². The minimum Gasteiger partial charge on any atom is -0.493 e. The minimum atomic E-state index is -0.489. The van der Waals surface area contributed by atoms with Crippen molar-refractivity contribution in [3.05, 3.63) is 52.3 Å². The number of carbonyl (C=O) groups is 1. The van der Waals surface area contributed by atoms with Crippen LogP contribution in [-0.4, -0.2) is 37.3 Å². The van der Waals surface area contributed by atoms with Crippen LogP contribution in [0.2, 0.25) is 0 Å². The predicted octanol–water partition coefficient (Wildman–Crippen LogP) is 2.39. The molecule has 7 nitrogen and oxygen atoms in total. The minimum absolute atomic E-state index is 0.300. The number of rotatable bonds is 4. The molecule has 2 aromatic carbocycles. The normalized spacial score (nSPS) is 10.5. The summed E-state index contributed by atoms with van der Waals surface area (Å²) in [5.41, 5.74) is 1.08. The Bertz CT molecular complexity index is 1010. The lowest BCUT2D eigenvalue weighted by molar-refractivity contribution is 0.0601. The van der Waals surface area contributed by atoms with Gasteiger partial charge >= 0.3 is 5.97 Å². The third-order valence-electron chi connectivity index (χ3n) is 3.78. The topological polar surface area (TPSA) is 90.5 Å². The Hall–Kier alpha value is -3.35. The first-order valence-corrected chi connectivity index (χ1v) is 7.42. The molecule has 0 saturated heterocycles. The van der Waals surface area contributed by atoms with E-state index in [1.165, 1.54) is 26.4 Å². The molecule has 3 aromatic rings. The highest BCUT2D eigenvalue weighted by atomic mass is 16.5. The van der Waals surface area contributed by atoms with E-state index in [1.54, 1.807) is 31.4 Å². The first-order chi connectivity index (χ1) is 12.1. The van der Waals surface area contributed by atoms with E-state index in [1.807, 2.05) is 0 Å². The van der Waals surface area contributed by atoms with Gasteiger partial charge in [-0.3, -0.25) is 4.79 Å². The van der Waals surface area contributed by atoms with Crippen LogP contribution in [0.3, 0.4) is 0 Å². The van der Waals surface area contributed by atoms with Gasteiger partial charge in [-0.1, -0.05) is 0 Å². The molecule has 0 amide bonds. The summed E-state index contributed by atoms with van der Waals surface area (Å²) in [6.45, 7) is 0. The molecule has 0 bridgehead atoms. The molecule has 7 heteroatoms. The Labute approximate surface area is 143 Å². The number of hydrogen-bond acceptors (Lipinski definition) is 6. The van der Waals surface area contributed by atoms with E-state index in [9.17, 15) is 9.59 Å². The zero-order chi connectivity index (χ0) is 18.0. The van der Waals surface area contributed by atoms with Crippen molar-refractivity contribution < 1.29 is 19.0 Å². The van der Waals surface area contributed by atoms with Crippen LogP contribution in [-0.2, 0) is 4.74 Å². The highest BCUT2D eigenvalue weighted by Crippen LogP contribution is 2.31. The fourth-order valence-electron chi connectivity index (χ4n) is 2.50. The maximum Gasteiger partial charge on any atom is 0.337 e. The third-order valence-corrected chi connectivity index (χ3v) is 3.78. The quantitative estimate of drug-likeness (QED) is 0.734. The molecule has 0 radical (unpaired) electrons. The van der Waals surface area contributed by atoms with Crippen LogP contribution in [0.4, 0.5) is 0 Å². The lowest BCUT2D eigenvalue weighted by Gasteiger charge is -2.10. The van der Waals surface area contributed by atoms with Gasteiger partial charge in [-0.2, -0.15) is 0 Å². The summed E-state index contributed by atoms with van der Waals surface area (Å²) in [7, 11) is 4.37. The molecular weight excluding hydrogens is 324 g/mol. The molecule has 0 spiro atoms. The van der Waals surface area contributed by atoms with E-state index in [-0.39, 0.29) is 5.56 Å². The van der Waals surface area contributed by atoms with Crippen LogP contribution in [0.15, 0.2) is 41.2 Å². The van der Waals surface area contributed by atoms with E-state index >= 15 is 0 Å². The Morgan fingerprint density at radius 2 is 1.76 bits per heavy atom. The van der Waals surface area contributed by atoms with Crippen molar-refractivity contribution in [1.29, 1.82) is 0 Å². The van der Waals surface area contributed by atoms with E-state index < -0.39 is 5.97 Å². The van der Waals surface area contributed by atoms with Gasteiger partial charge in [-0.05, 0) is 36.4 Å². The standard InChI is InChI=1S/C18H16N2O5/c1-23-14-7-5-10(9-15(14)24-2)16-19-13-8-11(18(22)25-3)4-6-12(13)17(21)20-16/h4-9H,1-3H3,(H,19,20,21). The summed E-state index contributed by atoms with van der Waals surface area (Å²) >= 11 is 0. The number of H-pyrrole nitrogens is 1. The van der Waals surface area contributed by atoms with Gasteiger partial charge in [0.25, 0.3) is 5.56 Å². The fourth-order valence-corrected chi connectivity index (χ4v) is 2.50. The van der Waals surface area contributed by atoms with E-state index in [0.29, 0.717) is 39.4 Å². The van der Waals surface area contributed by atoms with Gasteiger partial charge in [0, 0.05) is 5.56 Å². The van der Waals surface area contributed by atoms with Crippen molar-refractivity contribution >= 4 is 16.9 Å². The SMILES string of the molecule is COC(=O)c1ccc2c(=O)[nH]c(-c3ccc(OC)c(OC)c3)nc2c1. The van der Waals surface area contributed by atoms with Crippen LogP contribution < -0.4 is 15.0 Å². The second-order valence-electron chi connectivity index (χ2n) is 5.21. The average molecular weight is 340 g/mol. The smallest absolute Gasteiger partial charge is 0.337 e.